The smallest absolute Gasteiger partial charge is 0.337 e. The van der Waals surface area contributed by atoms with Crippen LogP contribution in [-0.2, 0) is 9.59 Å². The number of carbonyl (C=O) groups is 4. The van der Waals surface area contributed by atoms with Gasteiger partial charge in [-0.3, -0.25) is 14.4 Å². The van der Waals surface area contributed by atoms with Crippen molar-refractivity contribution in [2.45, 2.75) is 6.42 Å². The zero-order chi connectivity index (χ0) is 21.0. The van der Waals surface area contributed by atoms with E-state index in [2.05, 4.69) is 5.32 Å². The van der Waals surface area contributed by atoms with E-state index in [-0.39, 0.29) is 52.3 Å². The molecule has 1 saturated carbocycles. The first kappa shape index (κ1) is 18.3. The molecule has 0 radical (unpaired) electrons. The topological polar surface area (TPSA) is 104 Å². The van der Waals surface area contributed by atoms with E-state index in [4.69, 9.17) is 0 Å². The van der Waals surface area contributed by atoms with Gasteiger partial charge in [0.05, 0.1) is 28.8 Å². The Kier molecular flexibility index (Phi) is 4.06. The van der Waals surface area contributed by atoms with E-state index >= 15 is 0 Å². The zero-order valence-corrected chi connectivity index (χ0v) is 15.8. The predicted molar refractivity (Wildman–Crippen MR) is 108 cm³/mol. The first-order chi connectivity index (χ1) is 14.5. The van der Waals surface area contributed by atoms with Gasteiger partial charge in [0.2, 0.25) is 11.8 Å². The molecule has 3 aliphatic rings. The molecule has 0 unspecified atom stereocenters. The normalized spacial score (nSPS) is 26.2. The SMILES string of the molecule is O=C(Nc1ccccc1C(=O)O)c1cccc(N2C(=O)[C@H]3[C@H](C2=O)[C@H]2C=C[C@H]3C2)c1. The molecule has 150 valence electrons. The van der Waals surface area contributed by atoms with Crippen LogP contribution in [0.2, 0.25) is 0 Å². The van der Waals surface area contributed by atoms with Crippen LogP contribution in [0, 0.1) is 23.7 Å². The molecule has 4 atom stereocenters. The number of allylic oxidation sites excluding steroid dienone is 2. The Morgan fingerprint density at radius 2 is 1.60 bits per heavy atom. The van der Waals surface area contributed by atoms with Crippen molar-refractivity contribution in [2.24, 2.45) is 23.7 Å². The lowest BCUT2D eigenvalue weighted by Crippen LogP contribution is -2.33. The summed E-state index contributed by atoms with van der Waals surface area (Å²) in [5, 5.41) is 11.9. The number of imide groups is 1. The summed E-state index contributed by atoms with van der Waals surface area (Å²) in [7, 11) is 0. The average Bonchev–Trinajstić information content (AvgIpc) is 3.42. The molecule has 0 aromatic heterocycles. The highest BCUT2D eigenvalue weighted by molar-refractivity contribution is 6.23. The van der Waals surface area contributed by atoms with E-state index in [1.165, 1.54) is 23.1 Å². The second-order valence-corrected chi connectivity index (χ2v) is 7.87. The summed E-state index contributed by atoms with van der Waals surface area (Å²) in [6, 6.07) is 12.4. The van der Waals surface area contributed by atoms with Gasteiger partial charge in [0, 0.05) is 5.56 Å². The molecule has 2 aromatic carbocycles. The number of fused-ring (bicyclic) bond motifs is 5. The van der Waals surface area contributed by atoms with Crippen molar-refractivity contribution in [1.82, 2.24) is 0 Å². The molecule has 30 heavy (non-hydrogen) atoms. The lowest BCUT2D eigenvalue weighted by atomic mass is 9.85. The van der Waals surface area contributed by atoms with Crippen LogP contribution < -0.4 is 10.2 Å². The summed E-state index contributed by atoms with van der Waals surface area (Å²) >= 11 is 0. The minimum absolute atomic E-state index is 0.0253. The molecule has 1 aliphatic heterocycles. The third-order valence-electron chi connectivity index (χ3n) is 6.24. The van der Waals surface area contributed by atoms with Gasteiger partial charge < -0.3 is 10.4 Å². The Balaban J connectivity index is 1.42. The van der Waals surface area contributed by atoms with E-state index in [0.29, 0.717) is 5.69 Å². The van der Waals surface area contributed by atoms with E-state index in [0.717, 1.165) is 6.42 Å². The fraction of sp³-hybridized carbons (Fsp3) is 0.217. The van der Waals surface area contributed by atoms with Crippen molar-refractivity contribution in [3.63, 3.8) is 0 Å². The van der Waals surface area contributed by atoms with Crippen molar-refractivity contribution in [3.05, 3.63) is 71.8 Å². The summed E-state index contributed by atoms with van der Waals surface area (Å²) in [5.74, 6) is -2.50. The summed E-state index contributed by atoms with van der Waals surface area (Å²) in [6.07, 6.45) is 4.92. The van der Waals surface area contributed by atoms with Crippen LogP contribution in [0.15, 0.2) is 60.7 Å². The number of carboxylic acid groups (broad SMARTS) is 1. The fourth-order valence-corrected chi connectivity index (χ4v) is 4.92. The number of nitrogens with one attached hydrogen (secondary N) is 1. The first-order valence-corrected chi connectivity index (χ1v) is 9.75. The Morgan fingerprint density at radius 3 is 2.27 bits per heavy atom. The maximum atomic E-state index is 13.0. The van der Waals surface area contributed by atoms with Crippen LogP contribution in [0.4, 0.5) is 11.4 Å². The number of para-hydroxylation sites is 1. The summed E-state index contributed by atoms with van der Waals surface area (Å²) in [6.45, 7) is 0. The number of carboxylic acids is 1. The maximum Gasteiger partial charge on any atom is 0.337 e. The molecule has 1 heterocycles. The second kappa shape index (κ2) is 6.66. The van der Waals surface area contributed by atoms with Gasteiger partial charge in [-0.1, -0.05) is 30.4 Å². The van der Waals surface area contributed by atoms with E-state index < -0.39 is 11.9 Å². The Bertz CT molecular complexity index is 1110. The highest BCUT2D eigenvalue weighted by atomic mass is 16.4. The first-order valence-electron chi connectivity index (χ1n) is 9.75. The van der Waals surface area contributed by atoms with Crippen molar-refractivity contribution in [2.75, 3.05) is 10.2 Å². The van der Waals surface area contributed by atoms with E-state index in [9.17, 15) is 24.3 Å². The zero-order valence-electron chi connectivity index (χ0n) is 15.8. The van der Waals surface area contributed by atoms with E-state index in [1.807, 2.05) is 12.2 Å². The van der Waals surface area contributed by atoms with Crippen molar-refractivity contribution in [1.29, 1.82) is 0 Å². The van der Waals surface area contributed by atoms with Gasteiger partial charge in [-0.25, -0.2) is 9.69 Å². The quantitative estimate of drug-likeness (QED) is 0.605. The molecule has 2 aromatic rings. The number of hydrogen-bond acceptors (Lipinski definition) is 4. The molecule has 5 rings (SSSR count). The molecule has 2 bridgehead atoms. The molecule has 7 nitrogen and oxygen atoms in total. The summed E-state index contributed by atoms with van der Waals surface area (Å²) in [4.78, 5) is 51.2. The monoisotopic (exact) mass is 402 g/mol. The van der Waals surface area contributed by atoms with Crippen LogP contribution >= 0.6 is 0 Å². The number of anilines is 2. The number of benzene rings is 2. The van der Waals surface area contributed by atoms with Crippen LogP contribution in [-0.4, -0.2) is 28.8 Å². The number of amides is 3. The van der Waals surface area contributed by atoms with Gasteiger partial charge in [0.1, 0.15) is 0 Å². The average molecular weight is 402 g/mol. The third-order valence-corrected chi connectivity index (χ3v) is 6.24. The largest absolute Gasteiger partial charge is 0.478 e. The Hall–Kier alpha value is -3.74. The highest BCUT2D eigenvalue weighted by Gasteiger charge is 2.59. The number of carbonyl (C=O) groups excluding carboxylic acids is 3. The van der Waals surface area contributed by atoms with Crippen LogP contribution in [0.1, 0.15) is 27.1 Å². The molecular weight excluding hydrogens is 384 g/mol. The lowest BCUT2D eigenvalue weighted by Gasteiger charge is -2.18. The van der Waals surface area contributed by atoms with Crippen LogP contribution in [0.5, 0.6) is 0 Å². The van der Waals surface area contributed by atoms with Gasteiger partial charge in [-0.2, -0.15) is 0 Å². The van der Waals surface area contributed by atoms with Gasteiger partial charge in [-0.05, 0) is 48.6 Å². The number of nitrogens with zero attached hydrogens (tertiary/aromatic N) is 1. The number of hydrogen-bond donors (Lipinski definition) is 2. The Morgan fingerprint density at radius 1 is 0.933 bits per heavy atom. The molecule has 0 spiro atoms. The van der Waals surface area contributed by atoms with Gasteiger partial charge in [0.15, 0.2) is 0 Å². The van der Waals surface area contributed by atoms with Crippen molar-refractivity contribution < 1.29 is 24.3 Å². The number of rotatable bonds is 4. The molecule has 1 saturated heterocycles. The molecule has 7 heteroatoms. The highest BCUT2D eigenvalue weighted by Crippen LogP contribution is 2.53. The van der Waals surface area contributed by atoms with Crippen molar-refractivity contribution >= 4 is 35.1 Å². The lowest BCUT2D eigenvalue weighted by molar-refractivity contribution is -0.123. The van der Waals surface area contributed by atoms with Gasteiger partial charge in [-0.15, -0.1) is 0 Å². The summed E-state index contributed by atoms with van der Waals surface area (Å²) in [5.41, 5.74) is 0.734. The van der Waals surface area contributed by atoms with Crippen molar-refractivity contribution in [3.8, 4) is 0 Å². The second-order valence-electron chi connectivity index (χ2n) is 7.87. The molecule has 3 amide bonds. The number of aromatic carboxylic acids is 1. The maximum absolute atomic E-state index is 13.0. The van der Waals surface area contributed by atoms with Crippen LogP contribution in [0.3, 0.4) is 0 Å². The van der Waals surface area contributed by atoms with Crippen LogP contribution in [0.25, 0.3) is 0 Å². The molecule has 2 N–H and O–H groups in total. The van der Waals surface area contributed by atoms with Gasteiger partial charge in [0.25, 0.3) is 5.91 Å². The molecule has 2 aliphatic carbocycles. The molecular formula is C23H18N2O5. The standard InChI is InChI=1S/C23H18N2O5/c26-20(24-17-7-2-1-6-16(17)23(29)30)14-4-3-5-15(11-14)25-21(27)18-12-8-9-13(10-12)19(18)22(25)28/h1-9,11-13,18-19H,10H2,(H,24,26)(H,29,30)/t12-,13-,18+,19+/m0/s1. The molecule has 2 fully saturated rings. The van der Waals surface area contributed by atoms with Gasteiger partial charge >= 0.3 is 5.97 Å². The summed E-state index contributed by atoms with van der Waals surface area (Å²) < 4.78 is 0. The minimum Gasteiger partial charge on any atom is -0.478 e. The minimum atomic E-state index is -1.15. The van der Waals surface area contributed by atoms with E-state index in [1.54, 1.807) is 30.3 Å². The Labute approximate surface area is 172 Å². The fourth-order valence-electron chi connectivity index (χ4n) is 4.92. The predicted octanol–water partition coefficient (Wildman–Crippen LogP) is 2.95. The third kappa shape index (κ3) is 2.66.